The highest BCUT2D eigenvalue weighted by Crippen LogP contribution is 2.05. The molecule has 1 heterocycles. The van der Waals surface area contributed by atoms with Gasteiger partial charge in [-0.1, -0.05) is 30.4 Å². The molecule has 0 fully saturated rings. The highest BCUT2D eigenvalue weighted by atomic mass is 32.1. The zero-order valence-corrected chi connectivity index (χ0v) is 11.3. The number of rotatable bonds is 4. The van der Waals surface area contributed by atoms with Gasteiger partial charge in [0.15, 0.2) is 0 Å². The van der Waals surface area contributed by atoms with E-state index in [9.17, 15) is 4.79 Å². The van der Waals surface area contributed by atoms with E-state index in [0.29, 0.717) is 17.1 Å². The number of thiocarbonyl (C=S) groups is 1. The van der Waals surface area contributed by atoms with Crippen LogP contribution in [0.3, 0.4) is 0 Å². The van der Waals surface area contributed by atoms with Crippen LogP contribution < -0.4 is 11.1 Å². The van der Waals surface area contributed by atoms with Crippen molar-refractivity contribution < 1.29 is 4.79 Å². The smallest absolute Gasteiger partial charge is 0.254 e. The Morgan fingerprint density at radius 1 is 1.47 bits per heavy atom. The summed E-state index contributed by atoms with van der Waals surface area (Å²) in [5, 5.41) is 6.77. The van der Waals surface area contributed by atoms with Crippen LogP contribution in [0.2, 0.25) is 0 Å². The highest BCUT2D eigenvalue weighted by Gasteiger charge is 2.07. The molecule has 0 aliphatic carbocycles. The van der Waals surface area contributed by atoms with Gasteiger partial charge >= 0.3 is 0 Å². The van der Waals surface area contributed by atoms with Crippen LogP contribution in [-0.2, 0) is 13.6 Å². The molecule has 1 aromatic heterocycles. The number of nitrogens with zero attached hydrogens (tertiary/aromatic N) is 2. The van der Waals surface area contributed by atoms with Crippen LogP contribution in [0.4, 0.5) is 0 Å². The van der Waals surface area contributed by atoms with Gasteiger partial charge in [-0.25, -0.2) is 0 Å². The Bertz CT molecular complexity index is 621. The number of amides is 1. The fourth-order valence-corrected chi connectivity index (χ4v) is 1.78. The second-order valence-corrected chi connectivity index (χ2v) is 4.59. The topological polar surface area (TPSA) is 72.9 Å². The Morgan fingerprint density at radius 3 is 2.89 bits per heavy atom. The Balaban J connectivity index is 2.01. The number of nitrogens with one attached hydrogen (secondary N) is 1. The zero-order valence-electron chi connectivity index (χ0n) is 10.5. The summed E-state index contributed by atoms with van der Waals surface area (Å²) < 4.78 is 1.59. The number of carbonyl (C=O) groups excluding carboxylic acids is 1. The lowest BCUT2D eigenvalue weighted by molar-refractivity contribution is 0.0951. The first-order chi connectivity index (χ1) is 9.06. The molecule has 19 heavy (non-hydrogen) atoms. The van der Waals surface area contributed by atoms with Gasteiger partial charge in [0.05, 0.1) is 11.8 Å². The second kappa shape index (κ2) is 5.62. The van der Waals surface area contributed by atoms with Crippen molar-refractivity contribution in [1.29, 1.82) is 0 Å². The fraction of sp³-hybridized carbons (Fsp3) is 0.154. The number of carbonyl (C=O) groups is 1. The van der Waals surface area contributed by atoms with Crippen LogP contribution in [0, 0.1) is 0 Å². The van der Waals surface area contributed by atoms with Crippen molar-refractivity contribution in [2.45, 2.75) is 6.54 Å². The molecule has 98 valence electrons. The summed E-state index contributed by atoms with van der Waals surface area (Å²) in [6, 6.07) is 7.48. The van der Waals surface area contributed by atoms with Crippen molar-refractivity contribution in [2.75, 3.05) is 0 Å². The third-order valence-electron chi connectivity index (χ3n) is 2.63. The van der Waals surface area contributed by atoms with E-state index in [1.165, 1.54) is 6.20 Å². The van der Waals surface area contributed by atoms with Gasteiger partial charge in [-0.05, 0) is 11.6 Å². The zero-order chi connectivity index (χ0) is 13.8. The van der Waals surface area contributed by atoms with E-state index in [-0.39, 0.29) is 5.91 Å². The molecule has 0 bridgehead atoms. The number of aromatic nitrogens is 2. The van der Waals surface area contributed by atoms with Gasteiger partial charge in [-0.3, -0.25) is 9.48 Å². The van der Waals surface area contributed by atoms with E-state index in [1.54, 1.807) is 17.9 Å². The molecule has 0 aliphatic heterocycles. The predicted octanol–water partition coefficient (Wildman–Crippen LogP) is 0.984. The third kappa shape index (κ3) is 3.38. The lowest BCUT2D eigenvalue weighted by Crippen LogP contribution is -2.22. The average molecular weight is 274 g/mol. The predicted molar refractivity (Wildman–Crippen MR) is 76.7 cm³/mol. The van der Waals surface area contributed by atoms with E-state index in [1.807, 2.05) is 24.3 Å². The van der Waals surface area contributed by atoms with E-state index < -0.39 is 0 Å². The van der Waals surface area contributed by atoms with Crippen LogP contribution >= 0.6 is 12.2 Å². The fourth-order valence-electron chi connectivity index (χ4n) is 1.66. The lowest BCUT2D eigenvalue weighted by atomic mass is 10.1. The van der Waals surface area contributed by atoms with Crippen LogP contribution in [0.1, 0.15) is 21.5 Å². The molecule has 0 spiro atoms. The van der Waals surface area contributed by atoms with E-state index in [2.05, 4.69) is 10.4 Å². The maximum absolute atomic E-state index is 11.8. The number of hydrogen-bond acceptors (Lipinski definition) is 3. The highest BCUT2D eigenvalue weighted by molar-refractivity contribution is 7.80. The van der Waals surface area contributed by atoms with Crippen LogP contribution in [0.5, 0.6) is 0 Å². The molecule has 3 N–H and O–H groups in total. The first kappa shape index (κ1) is 13.2. The summed E-state index contributed by atoms with van der Waals surface area (Å²) in [6.45, 7) is 0.421. The van der Waals surface area contributed by atoms with Gasteiger partial charge in [-0.2, -0.15) is 5.10 Å². The van der Waals surface area contributed by atoms with Crippen molar-refractivity contribution in [2.24, 2.45) is 12.8 Å². The van der Waals surface area contributed by atoms with E-state index >= 15 is 0 Å². The molecule has 1 aromatic carbocycles. The largest absolute Gasteiger partial charge is 0.389 e. The molecule has 0 radical (unpaired) electrons. The Hall–Kier alpha value is -2.21. The van der Waals surface area contributed by atoms with Crippen molar-refractivity contribution in [1.82, 2.24) is 15.1 Å². The van der Waals surface area contributed by atoms with E-state index in [4.69, 9.17) is 18.0 Å². The molecular weight excluding hydrogens is 260 g/mol. The van der Waals surface area contributed by atoms with Crippen molar-refractivity contribution in [3.63, 3.8) is 0 Å². The maximum Gasteiger partial charge on any atom is 0.254 e. The third-order valence-corrected chi connectivity index (χ3v) is 2.87. The maximum atomic E-state index is 11.8. The number of aryl methyl sites for hydroxylation is 1. The molecule has 0 unspecified atom stereocenters. The number of nitrogens with two attached hydrogens (primary N) is 1. The summed E-state index contributed by atoms with van der Waals surface area (Å²) in [5.74, 6) is -0.158. The molecule has 1 amide bonds. The lowest BCUT2D eigenvalue weighted by Gasteiger charge is -2.05. The molecule has 0 aliphatic rings. The van der Waals surface area contributed by atoms with Gasteiger partial charge in [-0.15, -0.1) is 0 Å². The molecule has 5 nitrogen and oxygen atoms in total. The Kier molecular flexibility index (Phi) is 3.91. The van der Waals surface area contributed by atoms with Crippen LogP contribution in [0.25, 0.3) is 0 Å². The van der Waals surface area contributed by atoms with E-state index in [0.717, 1.165) is 11.1 Å². The first-order valence-electron chi connectivity index (χ1n) is 5.72. The molecule has 2 aromatic rings. The van der Waals surface area contributed by atoms with Gasteiger partial charge in [0.25, 0.3) is 5.91 Å². The quantitative estimate of drug-likeness (QED) is 0.815. The van der Waals surface area contributed by atoms with Crippen LogP contribution in [-0.4, -0.2) is 20.7 Å². The summed E-state index contributed by atoms with van der Waals surface area (Å²) in [6.07, 6.45) is 3.20. The number of hydrogen-bond donors (Lipinski definition) is 2. The van der Waals surface area contributed by atoms with Gasteiger partial charge in [0.1, 0.15) is 4.99 Å². The molecule has 0 saturated heterocycles. The molecule has 0 atom stereocenters. The monoisotopic (exact) mass is 274 g/mol. The second-order valence-electron chi connectivity index (χ2n) is 4.15. The minimum absolute atomic E-state index is 0.158. The van der Waals surface area contributed by atoms with Crippen LogP contribution in [0.15, 0.2) is 36.7 Å². The minimum atomic E-state index is -0.158. The molecule has 0 saturated carbocycles. The Morgan fingerprint density at radius 2 is 2.26 bits per heavy atom. The number of benzene rings is 1. The summed E-state index contributed by atoms with van der Waals surface area (Å²) in [7, 11) is 1.77. The van der Waals surface area contributed by atoms with Gasteiger partial charge in [0.2, 0.25) is 0 Å². The summed E-state index contributed by atoms with van der Waals surface area (Å²) in [5.41, 5.74) is 7.84. The first-order valence-corrected chi connectivity index (χ1v) is 6.12. The molecule has 2 rings (SSSR count). The van der Waals surface area contributed by atoms with Crippen molar-refractivity contribution in [3.8, 4) is 0 Å². The summed E-state index contributed by atoms with van der Waals surface area (Å²) in [4.78, 5) is 12.2. The van der Waals surface area contributed by atoms with Gasteiger partial charge in [0, 0.05) is 25.4 Å². The molecular formula is C13H14N4OS. The summed E-state index contributed by atoms with van der Waals surface area (Å²) >= 11 is 4.92. The van der Waals surface area contributed by atoms with Crippen molar-refractivity contribution >= 4 is 23.1 Å². The normalized spacial score (nSPS) is 10.2. The minimum Gasteiger partial charge on any atom is -0.389 e. The van der Waals surface area contributed by atoms with Gasteiger partial charge < -0.3 is 11.1 Å². The average Bonchev–Trinajstić information content (AvgIpc) is 2.83. The Labute approximate surface area is 116 Å². The molecule has 6 heteroatoms. The SMILES string of the molecule is Cn1cc(C(=O)NCc2cccc(C(N)=S)c2)cn1. The standard InChI is InChI=1S/C13H14N4OS/c1-17-8-11(7-16-17)13(18)15-6-9-3-2-4-10(5-9)12(14)19/h2-5,7-8H,6H2,1H3,(H2,14,19)(H,15,18). The van der Waals surface area contributed by atoms with Crippen molar-refractivity contribution in [3.05, 3.63) is 53.3 Å².